The van der Waals surface area contributed by atoms with Gasteiger partial charge in [0.25, 0.3) is 0 Å². The number of nitrogens with two attached hydrogens (primary N) is 1. The summed E-state index contributed by atoms with van der Waals surface area (Å²) >= 11 is 0. The molecule has 0 amide bonds. The monoisotopic (exact) mass is 210 g/mol. The zero-order valence-electron chi connectivity index (χ0n) is 9.12. The van der Waals surface area contributed by atoms with Crippen molar-refractivity contribution < 1.29 is 10.2 Å². The molecule has 0 aliphatic heterocycles. The van der Waals surface area contributed by atoms with Crippen LogP contribution < -0.4 is 11.1 Å². The van der Waals surface area contributed by atoms with Gasteiger partial charge in [0.2, 0.25) is 0 Å². The summed E-state index contributed by atoms with van der Waals surface area (Å²) in [6, 6.07) is 5.65. The summed E-state index contributed by atoms with van der Waals surface area (Å²) in [4.78, 5) is 0. The zero-order valence-corrected chi connectivity index (χ0v) is 9.12. The van der Waals surface area contributed by atoms with Crippen LogP contribution in [0.2, 0.25) is 0 Å². The molecule has 15 heavy (non-hydrogen) atoms. The maximum Gasteiger partial charge on any atom is 0.102 e. The molecule has 1 rings (SSSR count). The third-order valence-electron chi connectivity index (χ3n) is 2.32. The van der Waals surface area contributed by atoms with E-state index in [0.717, 1.165) is 11.3 Å². The minimum Gasteiger partial charge on any atom is -0.397 e. The van der Waals surface area contributed by atoms with Gasteiger partial charge in [0, 0.05) is 6.54 Å². The fourth-order valence-corrected chi connectivity index (χ4v) is 1.18. The topological polar surface area (TPSA) is 78.5 Å². The van der Waals surface area contributed by atoms with E-state index in [2.05, 4.69) is 5.32 Å². The van der Waals surface area contributed by atoms with Crippen molar-refractivity contribution in [3.8, 4) is 0 Å². The molecule has 1 aromatic carbocycles. The molecule has 0 spiro atoms. The van der Waals surface area contributed by atoms with Crippen LogP contribution in [0.4, 0.5) is 11.4 Å². The Morgan fingerprint density at radius 3 is 2.73 bits per heavy atom. The number of benzene rings is 1. The molecule has 0 aliphatic carbocycles. The number of hydrogen-bond acceptors (Lipinski definition) is 4. The Hall–Kier alpha value is -1.26. The van der Waals surface area contributed by atoms with E-state index in [9.17, 15) is 5.11 Å². The van der Waals surface area contributed by atoms with Crippen LogP contribution in [0.5, 0.6) is 0 Å². The minimum atomic E-state index is -1.13. The van der Waals surface area contributed by atoms with Crippen molar-refractivity contribution >= 4 is 11.4 Å². The zero-order chi connectivity index (χ0) is 11.5. The highest BCUT2D eigenvalue weighted by Crippen LogP contribution is 2.22. The van der Waals surface area contributed by atoms with Gasteiger partial charge >= 0.3 is 0 Å². The van der Waals surface area contributed by atoms with Gasteiger partial charge < -0.3 is 21.3 Å². The van der Waals surface area contributed by atoms with Crippen molar-refractivity contribution in [1.29, 1.82) is 0 Å². The van der Waals surface area contributed by atoms with Crippen LogP contribution in [-0.2, 0) is 0 Å². The molecule has 0 aromatic heterocycles. The second-order valence-corrected chi connectivity index (χ2v) is 4.04. The molecule has 0 radical (unpaired) electrons. The Morgan fingerprint density at radius 2 is 2.13 bits per heavy atom. The number of aryl methyl sites for hydroxylation is 1. The van der Waals surface area contributed by atoms with Gasteiger partial charge in [-0.2, -0.15) is 0 Å². The molecule has 0 bridgehead atoms. The molecule has 1 unspecified atom stereocenters. The maximum absolute atomic E-state index is 9.59. The number of hydrogen-bond donors (Lipinski definition) is 4. The Labute approximate surface area is 89.7 Å². The van der Waals surface area contributed by atoms with E-state index in [1.165, 1.54) is 0 Å². The molecular formula is C11H18N2O2. The highest BCUT2D eigenvalue weighted by Gasteiger charge is 2.18. The lowest BCUT2D eigenvalue weighted by Gasteiger charge is -2.22. The Morgan fingerprint density at radius 1 is 1.47 bits per heavy atom. The molecule has 0 aliphatic rings. The number of anilines is 2. The number of nitrogens with one attached hydrogen (secondary N) is 1. The van der Waals surface area contributed by atoms with Gasteiger partial charge in [-0.3, -0.25) is 0 Å². The van der Waals surface area contributed by atoms with Gasteiger partial charge in [0.15, 0.2) is 0 Å². The normalized spacial score (nSPS) is 14.7. The van der Waals surface area contributed by atoms with E-state index in [1.807, 2.05) is 25.1 Å². The largest absolute Gasteiger partial charge is 0.397 e. The van der Waals surface area contributed by atoms with Crippen LogP contribution in [0.3, 0.4) is 0 Å². The van der Waals surface area contributed by atoms with Gasteiger partial charge in [-0.05, 0) is 25.5 Å². The molecule has 4 heteroatoms. The predicted molar refractivity (Wildman–Crippen MR) is 61.8 cm³/mol. The van der Waals surface area contributed by atoms with Crippen LogP contribution >= 0.6 is 0 Å². The SMILES string of the molecule is Cc1cccc(NCC(C)(O)CO)c1N. The fourth-order valence-electron chi connectivity index (χ4n) is 1.18. The van der Waals surface area contributed by atoms with Gasteiger partial charge in [-0.15, -0.1) is 0 Å². The number of aliphatic hydroxyl groups excluding tert-OH is 1. The first kappa shape index (κ1) is 11.8. The van der Waals surface area contributed by atoms with Crippen molar-refractivity contribution in [2.24, 2.45) is 0 Å². The molecule has 4 nitrogen and oxygen atoms in total. The summed E-state index contributed by atoms with van der Waals surface area (Å²) in [5.74, 6) is 0. The van der Waals surface area contributed by atoms with Gasteiger partial charge in [0.1, 0.15) is 5.60 Å². The van der Waals surface area contributed by atoms with E-state index in [1.54, 1.807) is 6.92 Å². The van der Waals surface area contributed by atoms with E-state index >= 15 is 0 Å². The maximum atomic E-state index is 9.59. The molecule has 84 valence electrons. The second kappa shape index (κ2) is 4.51. The average molecular weight is 210 g/mol. The van der Waals surface area contributed by atoms with Crippen LogP contribution in [0.25, 0.3) is 0 Å². The summed E-state index contributed by atoms with van der Waals surface area (Å²) < 4.78 is 0. The molecule has 1 atom stereocenters. The van der Waals surface area contributed by atoms with Crippen molar-refractivity contribution in [3.05, 3.63) is 23.8 Å². The molecule has 0 saturated carbocycles. The summed E-state index contributed by atoms with van der Waals surface area (Å²) in [5, 5.41) is 21.5. The Balaban J connectivity index is 2.70. The lowest BCUT2D eigenvalue weighted by molar-refractivity contribution is 0.0132. The summed E-state index contributed by atoms with van der Waals surface area (Å²) in [6.07, 6.45) is 0. The quantitative estimate of drug-likeness (QED) is 0.552. The first-order valence-corrected chi connectivity index (χ1v) is 4.88. The van der Waals surface area contributed by atoms with Crippen LogP contribution in [0.1, 0.15) is 12.5 Å². The number of nitrogen functional groups attached to an aromatic ring is 1. The average Bonchev–Trinajstić information content (AvgIpc) is 2.20. The highest BCUT2D eigenvalue weighted by atomic mass is 16.3. The van der Waals surface area contributed by atoms with E-state index < -0.39 is 5.60 Å². The third kappa shape index (κ3) is 3.11. The van der Waals surface area contributed by atoms with Crippen molar-refractivity contribution in [3.63, 3.8) is 0 Å². The fraction of sp³-hybridized carbons (Fsp3) is 0.455. The molecule has 1 aromatic rings. The molecule has 0 heterocycles. The summed E-state index contributed by atoms with van der Waals surface area (Å²) in [6.45, 7) is 3.46. The van der Waals surface area contributed by atoms with Gasteiger partial charge in [-0.1, -0.05) is 12.1 Å². The number of aliphatic hydroxyl groups is 2. The highest BCUT2D eigenvalue weighted by molar-refractivity contribution is 5.69. The van der Waals surface area contributed by atoms with Crippen molar-refractivity contribution in [1.82, 2.24) is 0 Å². The lowest BCUT2D eigenvalue weighted by Crippen LogP contribution is -2.37. The van der Waals surface area contributed by atoms with Crippen LogP contribution in [0.15, 0.2) is 18.2 Å². The molecule has 0 saturated heterocycles. The van der Waals surface area contributed by atoms with Crippen molar-refractivity contribution in [2.45, 2.75) is 19.4 Å². The standard InChI is InChI=1S/C11H18N2O2/c1-8-4-3-5-9(10(8)12)13-6-11(2,15)7-14/h3-5,13-15H,6-7,12H2,1-2H3. The van der Waals surface area contributed by atoms with E-state index in [4.69, 9.17) is 10.8 Å². The van der Waals surface area contributed by atoms with Gasteiger partial charge in [-0.25, -0.2) is 0 Å². The van der Waals surface area contributed by atoms with Crippen LogP contribution in [-0.4, -0.2) is 29.0 Å². The summed E-state index contributed by atoms with van der Waals surface area (Å²) in [7, 11) is 0. The summed E-state index contributed by atoms with van der Waals surface area (Å²) in [5.41, 5.74) is 7.16. The smallest absolute Gasteiger partial charge is 0.102 e. The Kier molecular flexibility index (Phi) is 3.55. The second-order valence-electron chi connectivity index (χ2n) is 4.04. The first-order valence-electron chi connectivity index (χ1n) is 4.88. The first-order chi connectivity index (χ1) is 6.96. The van der Waals surface area contributed by atoms with E-state index in [0.29, 0.717) is 5.69 Å². The number of rotatable bonds is 4. The number of para-hydroxylation sites is 1. The molecule has 5 N–H and O–H groups in total. The van der Waals surface area contributed by atoms with Gasteiger partial charge in [0.05, 0.1) is 18.0 Å². The molecular weight excluding hydrogens is 192 g/mol. The Bertz CT molecular complexity index is 337. The van der Waals surface area contributed by atoms with E-state index in [-0.39, 0.29) is 13.2 Å². The minimum absolute atomic E-state index is 0.261. The van der Waals surface area contributed by atoms with Crippen molar-refractivity contribution in [2.75, 3.05) is 24.2 Å². The third-order valence-corrected chi connectivity index (χ3v) is 2.32. The van der Waals surface area contributed by atoms with Crippen LogP contribution in [0, 0.1) is 6.92 Å². The molecule has 0 fully saturated rings. The lowest BCUT2D eigenvalue weighted by atomic mass is 10.1. The predicted octanol–water partition coefficient (Wildman–Crippen LogP) is 0.732.